The van der Waals surface area contributed by atoms with Crippen LogP contribution in [-0.4, -0.2) is 43.6 Å². The first kappa shape index (κ1) is 24.2. The second-order valence-corrected chi connectivity index (χ2v) is 9.61. The number of nitrogen functional groups attached to an aromatic ring is 1. The van der Waals surface area contributed by atoms with Crippen LogP contribution in [0.3, 0.4) is 0 Å². The Kier molecular flexibility index (Phi) is 6.44. The molecule has 0 radical (unpaired) electrons. The first-order valence-electron chi connectivity index (χ1n) is 11.3. The highest BCUT2D eigenvalue weighted by atomic mass is 35.5. The summed E-state index contributed by atoms with van der Waals surface area (Å²) in [4.78, 5) is 21.9. The molecule has 4 N–H and O–H groups in total. The first-order valence-corrected chi connectivity index (χ1v) is 11.7. The molecular weight excluding hydrogens is 461 g/mol. The smallest absolute Gasteiger partial charge is 0.258 e. The lowest BCUT2D eigenvalue weighted by Crippen LogP contribution is -2.48. The number of imidazole rings is 1. The van der Waals surface area contributed by atoms with Gasteiger partial charge in [-0.05, 0) is 46.1 Å². The molecule has 0 bridgehead atoms. The van der Waals surface area contributed by atoms with Crippen molar-refractivity contribution in [3.63, 3.8) is 0 Å². The van der Waals surface area contributed by atoms with Crippen molar-refractivity contribution in [1.29, 1.82) is 0 Å². The Labute approximate surface area is 202 Å². The lowest BCUT2D eigenvalue weighted by Gasteiger charge is -2.36. The Bertz CT molecular complexity index is 1260. The van der Waals surface area contributed by atoms with Crippen molar-refractivity contribution in [2.75, 3.05) is 12.3 Å². The van der Waals surface area contributed by atoms with Gasteiger partial charge in [-0.2, -0.15) is 0 Å². The van der Waals surface area contributed by atoms with Crippen LogP contribution in [0.1, 0.15) is 73.4 Å². The number of nitrogens with two attached hydrogens (primary N) is 1. The van der Waals surface area contributed by atoms with Crippen molar-refractivity contribution in [3.8, 4) is 5.75 Å². The van der Waals surface area contributed by atoms with Crippen LogP contribution in [0.25, 0.3) is 5.52 Å². The number of benzene rings is 1. The van der Waals surface area contributed by atoms with E-state index in [0.29, 0.717) is 41.3 Å². The lowest BCUT2D eigenvalue weighted by atomic mass is 9.80. The number of carbonyl (C=O) groups is 1. The third kappa shape index (κ3) is 4.30. The summed E-state index contributed by atoms with van der Waals surface area (Å²) < 4.78 is 23.1. The number of aliphatic hydroxyl groups is 1. The minimum Gasteiger partial charge on any atom is -0.490 e. The second-order valence-electron chi connectivity index (χ2n) is 9.20. The maximum atomic E-state index is 15.3. The van der Waals surface area contributed by atoms with Crippen LogP contribution >= 0.6 is 11.6 Å². The summed E-state index contributed by atoms with van der Waals surface area (Å²) in [5.74, 6) is -0.939. The molecule has 182 valence electrons. The average molecular weight is 490 g/mol. The van der Waals surface area contributed by atoms with Gasteiger partial charge in [-0.25, -0.2) is 14.4 Å². The van der Waals surface area contributed by atoms with Crippen LogP contribution in [0.15, 0.2) is 18.5 Å². The van der Waals surface area contributed by atoms with Gasteiger partial charge >= 0.3 is 0 Å². The van der Waals surface area contributed by atoms with E-state index in [0.717, 1.165) is 6.42 Å². The molecule has 1 aromatic carbocycles. The number of aromatic nitrogens is 3. The molecular formula is C24H29ClFN5O3. The number of anilines is 1. The van der Waals surface area contributed by atoms with E-state index in [1.807, 2.05) is 18.2 Å². The van der Waals surface area contributed by atoms with Crippen LogP contribution in [0, 0.1) is 12.7 Å². The van der Waals surface area contributed by atoms with Gasteiger partial charge in [0.15, 0.2) is 5.82 Å². The van der Waals surface area contributed by atoms with Gasteiger partial charge in [-0.1, -0.05) is 18.5 Å². The van der Waals surface area contributed by atoms with Crippen LogP contribution in [0.4, 0.5) is 10.2 Å². The van der Waals surface area contributed by atoms with Crippen molar-refractivity contribution >= 4 is 28.8 Å². The summed E-state index contributed by atoms with van der Waals surface area (Å²) in [6.07, 6.45) is 5.05. The number of halogens is 2. The Morgan fingerprint density at radius 3 is 2.74 bits per heavy atom. The highest BCUT2D eigenvalue weighted by Crippen LogP contribution is 2.40. The maximum Gasteiger partial charge on any atom is 0.258 e. The van der Waals surface area contributed by atoms with E-state index in [1.54, 1.807) is 26.2 Å². The van der Waals surface area contributed by atoms with Crippen LogP contribution in [0.2, 0.25) is 5.02 Å². The van der Waals surface area contributed by atoms with Gasteiger partial charge in [-0.15, -0.1) is 0 Å². The fraction of sp³-hybridized carbons (Fsp3) is 0.458. The molecule has 4 rings (SSSR count). The van der Waals surface area contributed by atoms with Crippen LogP contribution in [0.5, 0.6) is 5.75 Å². The van der Waals surface area contributed by atoms with E-state index < -0.39 is 23.2 Å². The average Bonchev–Trinajstić information content (AvgIpc) is 3.10. The zero-order valence-corrected chi connectivity index (χ0v) is 20.4. The van der Waals surface area contributed by atoms with Crippen LogP contribution in [-0.2, 0) is 0 Å². The van der Waals surface area contributed by atoms with Gasteiger partial charge in [0.25, 0.3) is 5.91 Å². The summed E-state index contributed by atoms with van der Waals surface area (Å²) >= 11 is 6.26. The molecule has 10 heteroatoms. The molecule has 1 unspecified atom stereocenters. The SMILES string of the molecule is Cc1nc(C(C)c2cc(Cl)c(F)c(C(=O)NCC3(O)CCC3)c2OC(C)C)n2ccnc(N)c12. The Morgan fingerprint density at radius 2 is 2.12 bits per heavy atom. The molecule has 1 aliphatic carbocycles. The predicted octanol–water partition coefficient (Wildman–Crippen LogP) is 4.00. The molecule has 1 saturated carbocycles. The van der Waals surface area contributed by atoms with Crippen molar-refractivity contribution in [2.24, 2.45) is 0 Å². The molecule has 3 aromatic rings. The number of hydrogen-bond acceptors (Lipinski definition) is 6. The van der Waals surface area contributed by atoms with E-state index in [1.165, 1.54) is 6.07 Å². The molecule has 1 amide bonds. The largest absolute Gasteiger partial charge is 0.490 e. The standard InChI is InChI=1S/C24H29ClFN5O3/c1-12(2)34-20-15(13(3)22-30-14(4)19-21(27)28-8-9-31(19)22)10-16(25)18(26)17(20)23(32)29-11-24(33)6-5-7-24/h8-10,12-13,33H,5-7,11H2,1-4H3,(H2,27,28)(H,29,32). The molecule has 8 nitrogen and oxygen atoms in total. The van der Waals surface area contributed by atoms with Gasteiger partial charge in [0.2, 0.25) is 0 Å². The summed E-state index contributed by atoms with van der Waals surface area (Å²) in [6.45, 7) is 7.32. The van der Waals surface area contributed by atoms with Crippen molar-refractivity contribution < 1.29 is 19.0 Å². The van der Waals surface area contributed by atoms with Crippen molar-refractivity contribution in [2.45, 2.75) is 64.6 Å². The zero-order valence-electron chi connectivity index (χ0n) is 19.7. The first-order chi connectivity index (χ1) is 16.0. The van der Waals surface area contributed by atoms with Gasteiger partial charge in [0, 0.05) is 30.4 Å². The van der Waals surface area contributed by atoms with Gasteiger partial charge in [0.05, 0.1) is 22.4 Å². The number of nitrogens with zero attached hydrogens (tertiary/aromatic N) is 3. The topological polar surface area (TPSA) is 115 Å². The number of ether oxygens (including phenoxy) is 1. The minimum atomic E-state index is -0.958. The Morgan fingerprint density at radius 1 is 1.41 bits per heavy atom. The van der Waals surface area contributed by atoms with Gasteiger partial charge < -0.3 is 20.9 Å². The third-order valence-corrected chi connectivity index (χ3v) is 6.56. The number of hydrogen-bond donors (Lipinski definition) is 3. The lowest BCUT2D eigenvalue weighted by molar-refractivity contribution is -0.0301. The molecule has 2 aromatic heterocycles. The molecule has 2 heterocycles. The monoisotopic (exact) mass is 489 g/mol. The Balaban J connectivity index is 1.82. The molecule has 1 atom stereocenters. The summed E-state index contributed by atoms with van der Waals surface area (Å²) in [6, 6.07) is 1.47. The highest BCUT2D eigenvalue weighted by molar-refractivity contribution is 6.31. The van der Waals surface area contributed by atoms with E-state index in [-0.39, 0.29) is 29.0 Å². The summed E-state index contributed by atoms with van der Waals surface area (Å²) in [5, 5.41) is 12.8. The normalized spacial score (nSPS) is 15.9. The summed E-state index contributed by atoms with van der Waals surface area (Å²) in [7, 11) is 0. The molecule has 0 saturated heterocycles. The van der Waals surface area contributed by atoms with Crippen molar-refractivity contribution in [3.05, 3.63) is 51.9 Å². The number of nitrogens with one attached hydrogen (secondary N) is 1. The van der Waals surface area contributed by atoms with E-state index in [2.05, 4.69) is 15.3 Å². The van der Waals surface area contributed by atoms with Gasteiger partial charge in [0.1, 0.15) is 28.5 Å². The number of rotatable bonds is 7. The number of amides is 1. The van der Waals surface area contributed by atoms with Crippen molar-refractivity contribution in [1.82, 2.24) is 19.7 Å². The Hall–Kier alpha value is -2.91. The van der Waals surface area contributed by atoms with E-state index >= 15 is 4.39 Å². The fourth-order valence-electron chi connectivity index (χ4n) is 4.32. The molecule has 0 aliphatic heterocycles. The minimum absolute atomic E-state index is 0.0279. The third-order valence-electron chi connectivity index (χ3n) is 6.28. The zero-order chi connectivity index (χ0) is 24.8. The van der Waals surface area contributed by atoms with E-state index in [9.17, 15) is 9.90 Å². The van der Waals surface area contributed by atoms with Gasteiger partial charge in [-0.3, -0.25) is 9.20 Å². The fourth-order valence-corrected chi connectivity index (χ4v) is 4.54. The highest BCUT2D eigenvalue weighted by Gasteiger charge is 2.36. The molecule has 1 fully saturated rings. The predicted molar refractivity (Wildman–Crippen MR) is 128 cm³/mol. The van der Waals surface area contributed by atoms with Crippen LogP contribution < -0.4 is 15.8 Å². The quantitative estimate of drug-likeness (QED) is 0.462. The number of fused-ring (bicyclic) bond motifs is 1. The maximum absolute atomic E-state index is 15.3. The molecule has 0 spiro atoms. The number of aryl methyl sites for hydroxylation is 1. The number of carbonyl (C=O) groups excluding carboxylic acids is 1. The summed E-state index contributed by atoms with van der Waals surface area (Å²) in [5.41, 5.74) is 6.69. The molecule has 34 heavy (non-hydrogen) atoms. The molecule has 1 aliphatic rings. The van der Waals surface area contributed by atoms with E-state index in [4.69, 9.17) is 22.1 Å². The second kappa shape index (κ2) is 9.03.